The molecule has 5 heteroatoms. The number of hydrogen-bond donors (Lipinski definition) is 1. The number of thioether (sulfide) groups is 2. The second kappa shape index (κ2) is 8.11. The molecule has 1 aliphatic rings. The van der Waals surface area contributed by atoms with Crippen molar-refractivity contribution in [1.29, 1.82) is 0 Å². The van der Waals surface area contributed by atoms with E-state index >= 15 is 0 Å². The van der Waals surface area contributed by atoms with Crippen molar-refractivity contribution >= 4 is 39.5 Å². The number of carbonyl (C=O) groups excluding carboxylic acids is 1. The van der Waals surface area contributed by atoms with Gasteiger partial charge in [-0.2, -0.15) is 0 Å². The molecule has 1 amide bonds. The zero-order chi connectivity index (χ0) is 17.8. The van der Waals surface area contributed by atoms with Crippen molar-refractivity contribution in [3.05, 3.63) is 64.7 Å². The van der Waals surface area contributed by atoms with Gasteiger partial charge >= 0.3 is 0 Å². The first-order chi connectivity index (χ1) is 12.0. The molecule has 1 atom stereocenters. The van der Waals surface area contributed by atoms with Crippen LogP contribution in [0.1, 0.15) is 35.2 Å². The van der Waals surface area contributed by atoms with E-state index < -0.39 is 0 Å². The van der Waals surface area contributed by atoms with Gasteiger partial charge in [0.2, 0.25) is 5.91 Å². The summed E-state index contributed by atoms with van der Waals surface area (Å²) in [7, 11) is 0. The van der Waals surface area contributed by atoms with Gasteiger partial charge in [-0.25, -0.2) is 4.99 Å². The summed E-state index contributed by atoms with van der Waals surface area (Å²) in [6.45, 7) is 6.22. The molecule has 1 aliphatic heterocycles. The van der Waals surface area contributed by atoms with Crippen LogP contribution in [0.4, 0.5) is 5.69 Å². The van der Waals surface area contributed by atoms with E-state index in [-0.39, 0.29) is 11.9 Å². The fourth-order valence-electron chi connectivity index (χ4n) is 2.61. The van der Waals surface area contributed by atoms with Gasteiger partial charge in [-0.1, -0.05) is 59.9 Å². The number of nitrogens with one attached hydrogen (secondary N) is 1. The van der Waals surface area contributed by atoms with E-state index in [1.165, 1.54) is 28.5 Å². The van der Waals surface area contributed by atoms with Crippen LogP contribution in [0.5, 0.6) is 0 Å². The van der Waals surface area contributed by atoms with Crippen molar-refractivity contribution in [1.82, 2.24) is 5.32 Å². The minimum atomic E-state index is 0.00840. The monoisotopic (exact) mass is 370 g/mol. The van der Waals surface area contributed by atoms with Gasteiger partial charge in [-0.3, -0.25) is 4.79 Å². The minimum absolute atomic E-state index is 0.00840. The Bertz CT molecular complexity index is 817. The number of para-hydroxylation sites is 1. The summed E-state index contributed by atoms with van der Waals surface area (Å²) < 4.78 is 0.965. The fourth-order valence-corrected chi connectivity index (χ4v) is 4.49. The molecule has 1 heterocycles. The SMILES string of the molecule is Cc1ccc(C(C)NC(=O)CSC2=Nc3ccccc3CS2)cc1C. The summed E-state index contributed by atoms with van der Waals surface area (Å²) in [4.78, 5) is 16.9. The van der Waals surface area contributed by atoms with Gasteiger partial charge in [0.15, 0.2) is 0 Å². The fraction of sp³-hybridized carbons (Fsp3) is 0.300. The average molecular weight is 371 g/mol. The van der Waals surface area contributed by atoms with E-state index in [2.05, 4.69) is 48.4 Å². The highest BCUT2D eigenvalue weighted by molar-refractivity contribution is 8.38. The predicted molar refractivity (Wildman–Crippen MR) is 110 cm³/mol. The highest BCUT2D eigenvalue weighted by Gasteiger charge is 2.15. The topological polar surface area (TPSA) is 41.5 Å². The Morgan fingerprint density at radius 2 is 2.04 bits per heavy atom. The molecule has 0 radical (unpaired) electrons. The van der Waals surface area contributed by atoms with E-state index in [0.29, 0.717) is 5.75 Å². The number of benzene rings is 2. The maximum absolute atomic E-state index is 12.3. The molecule has 0 aliphatic carbocycles. The lowest BCUT2D eigenvalue weighted by molar-refractivity contribution is -0.119. The summed E-state index contributed by atoms with van der Waals surface area (Å²) in [5.41, 5.74) is 5.93. The first-order valence-electron chi connectivity index (χ1n) is 8.31. The molecule has 130 valence electrons. The molecular formula is C20H22N2OS2. The molecule has 2 aromatic carbocycles. The molecule has 0 saturated heterocycles. The van der Waals surface area contributed by atoms with Crippen molar-refractivity contribution in [2.24, 2.45) is 4.99 Å². The molecule has 3 nitrogen and oxygen atoms in total. The number of aliphatic imine (C=N–C) groups is 1. The standard InChI is InChI=1S/C20H22N2OS2/c1-13-8-9-16(10-14(13)2)15(3)21-19(23)12-25-20-22-18-7-5-4-6-17(18)11-24-20/h4-10,15H,11-12H2,1-3H3,(H,21,23). The number of fused-ring (bicyclic) bond motifs is 1. The lowest BCUT2D eigenvalue weighted by Gasteiger charge is -2.17. The molecule has 1 unspecified atom stereocenters. The van der Waals surface area contributed by atoms with Gasteiger partial charge in [-0.15, -0.1) is 0 Å². The zero-order valence-electron chi connectivity index (χ0n) is 14.7. The van der Waals surface area contributed by atoms with Crippen molar-refractivity contribution in [2.45, 2.75) is 32.6 Å². The third-order valence-corrected chi connectivity index (χ3v) is 6.54. The Kier molecular flexibility index (Phi) is 5.86. The Labute approximate surface area is 157 Å². The smallest absolute Gasteiger partial charge is 0.230 e. The molecule has 0 bridgehead atoms. The highest BCUT2D eigenvalue weighted by Crippen LogP contribution is 2.34. The van der Waals surface area contributed by atoms with Crippen molar-refractivity contribution < 1.29 is 4.79 Å². The molecule has 2 aromatic rings. The van der Waals surface area contributed by atoms with E-state index in [0.717, 1.165) is 21.4 Å². The largest absolute Gasteiger partial charge is 0.349 e. The van der Waals surface area contributed by atoms with Gasteiger partial charge in [0.25, 0.3) is 0 Å². The first kappa shape index (κ1) is 18.1. The molecule has 3 rings (SSSR count). The van der Waals surface area contributed by atoms with Gasteiger partial charge < -0.3 is 5.32 Å². The summed E-state index contributed by atoms with van der Waals surface area (Å²) >= 11 is 3.21. The Hall–Kier alpha value is -1.72. The second-order valence-electron chi connectivity index (χ2n) is 6.22. The average Bonchev–Trinajstić information content (AvgIpc) is 2.62. The molecule has 0 aromatic heterocycles. The Morgan fingerprint density at radius 3 is 2.84 bits per heavy atom. The highest BCUT2D eigenvalue weighted by atomic mass is 32.2. The third kappa shape index (κ3) is 4.67. The number of amides is 1. The maximum Gasteiger partial charge on any atom is 0.230 e. The Balaban J connectivity index is 1.55. The van der Waals surface area contributed by atoms with Crippen molar-refractivity contribution in [3.8, 4) is 0 Å². The molecule has 1 N–H and O–H groups in total. The number of aryl methyl sites for hydroxylation is 2. The zero-order valence-corrected chi connectivity index (χ0v) is 16.3. The van der Waals surface area contributed by atoms with Gasteiger partial charge in [0.1, 0.15) is 4.38 Å². The molecule has 0 saturated carbocycles. The van der Waals surface area contributed by atoms with Crippen molar-refractivity contribution in [3.63, 3.8) is 0 Å². The molecule has 0 fully saturated rings. The van der Waals surface area contributed by atoms with Crippen LogP contribution in [-0.2, 0) is 10.5 Å². The van der Waals surface area contributed by atoms with Gasteiger partial charge in [0, 0.05) is 5.75 Å². The minimum Gasteiger partial charge on any atom is -0.349 e. The second-order valence-corrected chi connectivity index (χ2v) is 8.40. The van der Waals surface area contributed by atoms with Crippen LogP contribution in [0.2, 0.25) is 0 Å². The van der Waals surface area contributed by atoms with E-state index in [1.807, 2.05) is 25.1 Å². The summed E-state index contributed by atoms with van der Waals surface area (Å²) in [5, 5.41) is 3.08. The predicted octanol–water partition coefficient (Wildman–Crippen LogP) is 5.15. The van der Waals surface area contributed by atoms with Gasteiger partial charge in [0.05, 0.1) is 17.5 Å². The summed E-state index contributed by atoms with van der Waals surface area (Å²) in [5.74, 6) is 1.35. The van der Waals surface area contributed by atoms with E-state index in [4.69, 9.17) is 0 Å². The quantitative estimate of drug-likeness (QED) is 0.809. The number of hydrogen-bond acceptors (Lipinski definition) is 4. The normalized spacial score (nSPS) is 14.4. The van der Waals surface area contributed by atoms with Crippen LogP contribution in [-0.4, -0.2) is 16.0 Å². The van der Waals surface area contributed by atoms with Crippen LogP contribution in [0.25, 0.3) is 0 Å². The number of rotatable bonds is 4. The van der Waals surface area contributed by atoms with Crippen LogP contribution in [0.15, 0.2) is 47.5 Å². The van der Waals surface area contributed by atoms with Crippen LogP contribution < -0.4 is 5.32 Å². The lowest BCUT2D eigenvalue weighted by atomic mass is 10.0. The maximum atomic E-state index is 12.3. The van der Waals surface area contributed by atoms with Crippen LogP contribution in [0.3, 0.4) is 0 Å². The summed E-state index contributed by atoms with van der Waals surface area (Å²) in [6, 6.07) is 14.5. The number of carbonyl (C=O) groups is 1. The van der Waals surface area contributed by atoms with Crippen molar-refractivity contribution in [2.75, 3.05) is 5.75 Å². The van der Waals surface area contributed by atoms with E-state index in [1.54, 1.807) is 11.8 Å². The third-order valence-electron chi connectivity index (χ3n) is 4.29. The molecule has 0 spiro atoms. The Morgan fingerprint density at radius 1 is 1.24 bits per heavy atom. The van der Waals surface area contributed by atoms with Crippen LogP contribution in [0, 0.1) is 13.8 Å². The lowest BCUT2D eigenvalue weighted by Crippen LogP contribution is -2.28. The molecule has 25 heavy (non-hydrogen) atoms. The molecular weight excluding hydrogens is 348 g/mol. The van der Waals surface area contributed by atoms with Crippen LogP contribution >= 0.6 is 23.5 Å². The summed E-state index contributed by atoms with van der Waals surface area (Å²) in [6.07, 6.45) is 0. The van der Waals surface area contributed by atoms with E-state index in [9.17, 15) is 4.79 Å². The number of nitrogens with zero attached hydrogens (tertiary/aromatic N) is 1. The first-order valence-corrected chi connectivity index (χ1v) is 10.3. The van der Waals surface area contributed by atoms with Gasteiger partial charge in [-0.05, 0) is 49.1 Å².